The van der Waals surface area contributed by atoms with E-state index in [1.165, 1.54) is 11.3 Å². The van der Waals surface area contributed by atoms with E-state index in [1.807, 2.05) is 35.4 Å². The molecule has 5 nitrogen and oxygen atoms in total. The Morgan fingerprint density at radius 2 is 2.21 bits per heavy atom. The summed E-state index contributed by atoms with van der Waals surface area (Å²) in [6.45, 7) is 4.81. The molecule has 128 valence electrons. The van der Waals surface area contributed by atoms with Crippen molar-refractivity contribution < 1.29 is 14.0 Å². The van der Waals surface area contributed by atoms with Crippen molar-refractivity contribution in [1.82, 2.24) is 10.2 Å². The molecule has 3 rings (SSSR count). The van der Waals surface area contributed by atoms with Crippen LogP contribution in [0, 0.1) is 12.8 Å². The largest absolute Gasteiger partial charge is 0.464 e. The van der Waals surface area contributed by atoms with Gasteiger partial charge in [0.25, 0.3) is 5.91 Å². The highest BCUT2D eigenvalue weighted by atomic mass is 32.1. The lowest BCUT2D eigenvalue weighted by atomic mass is 9.91. The third kappa shape index (κ3) is 3.70. The summed E-state index contributed by atoms with van der Waals surface area (Å²) >= 11 is 1.37. The second-order valence-corrected chi connectivity index (χ2v) is 7.29. The highest BCUT2D eigenvalue weighted by molar-refractivity contribution is 7.12. The number of amides is 2. The summed E-state index contributed by atoms with van der Waals surface area (Å²) < 4.78 is 5.76. The average Bonchev–Trinajstić information content (AvgIpc) is 3.23. The van der Waals surface area contributed by atoms with E-state index in [4.69, 9.17) is 4.42 Å². The Morgan fingerprint density at radius 1 is 1.38 bits per heavy atom. The van der Waals surface area contributed by atoms with Crippen LogP contribution in [0.4, 0.5) is 0 Å². The molecule has 3 heterocycles. The Kier molecular flexibility index (Phi) is 5.04. The molecule has 1 N–H and O–H groups in total. The van der Waals surface area contributed by atoms with E-state index in [9.17, 15) is 9.59 Å². The van der Waals surface area contributed by atoms with Crippen molar-refractivity contribution in [1.29, 1.82) is 0 Å². The number of hydrogen-bond acceptors (Lipinski definition) is 4. The van der Waals surface area contributed by atoms with E-state index >= 15 is 0 Å². The average molecular weight is 346 g/mol. The number of carbonyl (C=O) groups is 2. The molecule has 0 aromatic carbocycles. The lowest BCUT2D eigenvalue weighted by molar-refractivity contribution is -0.135. The Morgan fingerprint density at radius 3 is 2.88 bits per heavy atom. The first-order chi connectivity index (χ1) is 11.5. The number of likely N-dealkylation sites (tertiary alicyclic amines) is 1. The quantitative estimate of drug-likeness (QED) is 0.923. The standard InChI is InChI=1S/C18H22N2O3S/c1-12-7-8-20(14(10-12)15-6-5-13(2)23-15)17(21)11-19-18(22)16-4-3-9-24-16/h3-6,9,12,14H,7-8,10-11H2,1-2H3,(H,19,22)/t12-,14+/m1/s1. The fourth-order valence-corrected chi connectivity index (χ4v) is 3.73. The van der Waals surface area contributed by atoms with Crippen molar-refractivity contribution in [3.8, 4) is 0 Å². The molecule has 0 saturated carbocycles. The van der Waals surface area contributed by atoms with Gasteiger partial charge in [-0.25, -0.2) is 0 Å². The zero-order valence-corrected chi connectivity index (χ0v) is 14.8. The van der Waals surface area contributed by atoms with Crippen molar-refractivity contribution in [3.05, 3.63) is 46.0 Å². The van der Waals surface area contributed by atoms with E-state index in [0.29, 0.717) is 17.3 Å². The molecule has 0 bridgehead atoms. The molecule has 2 aromatic heterocycles. The van der Waals surface area contributed by atoms with Crippen molar-refractivity contribution >= 4 is 23.2 Å². The van der Waals surface area contributed by atoms with E-state index in [2.05, 4.69) is 12.2 Å². The van der Waals surface area contributed by atoms with Crippen LogP contribution in [0.3, 0.4) is 0 Å². The molecule has 24 heavy (non-hydrogen) atoms. The summed E-state index contributed by atoms with van der Waals surface area (Å²) in [5.41, 5.74) is 0. The summed E-state index contributed by atoms with van der Waals surface area (Å²) in [6, 6.07) is 7.40. The second kappa shape index (κ2) is 7.21. The molecule has 2 amide bonds. The smallest absolute Gasteiger partial charge is 0.261 e. The minimum Gasteiger partial charge on any atom is -0.464 e. The minimum atomic E-state index is -0.200. The third-order valence-electron chi connectivity index (χ3n) is 4.42. The van der Waals surface area contributed by atoms with Gasteiger partial charge in [-0.1, -0.05) is 13.0 Å². The maximum atomic E-state index is 12.6. The maximum absolute atomic E-state index is 12.6. The van der Waals surface area contributed by atoms with Gasteiger partial charge in [-0.2, -0.15) is 0 Å². The molecule has 0 spiro atoms. The molecule has 2 atom stereocenters. The Bertz CT molecular complexity index is 708. The van der Waals surface area contributed by atoms with Gasteiger partial charge >= 0.3 is 0 Å². The van der Waals surface area contributed by atoms with Gasteiger partial charge in [-0.3, -0.25) is 9.59 Å². The van der Waals surface area contributed by atoms with Crippen LogP contribution in [0.2, 0.25) is 0 Å². The summed E-state index contributed by atoms with van der Waals surface area (Å²) in [6.07, 6.45) is 1.86. The molecule has 1 aliphatic rings. The van der Waals surface area contributed by atoms with Crippen LogP contribution in [0.5, 0.6) is 0 Å². The van der Waals surface area contributed by atoms with Gasteiger partial charge in [0.2, 0.25) is 5.91 Å². The topological polar surface area (TPSA) is 62.6 Å². The van der Waals surface area contributed by atoms with Crippen molar-refractivity contribution in [3.63, 3.8) is 0 Å². The van der Waals surface area contributed by atoms with Gasteiger partial charge < -0.3 is 14.6 Å². The van der Waals surface area contributed by atoms with Crippen LogP contribution < -0.4 is 5.32 Å². The molecule has 1 saturated heterocycles. The summed E-state index contributed by atoms with van der Waals surface area (Å²) in [4.78, 5) is 27.1. The fraction of sp³-hybridized carbons (Fsp3) is 0.444. The maximum Gasteiger partial charge on any atom is 0.261 e. The number of nitrogens with zero attached hydrogens (tertiary/aromatic N) is 1. The number of thiophene rings is 1. The first-order valence-corrected chi connectivity index (χ1v) is 9.10. The minimum absolute atomic E-state index is 0.0152. The molecule has 0 aliphatic carbocycles. The lowest BCUT2D eigenvalue weighted by Crippen LogP contribution is -2.45. The molecule has 0 unspecified atom stereocenters. The normalized spacial score (nSPS) is 20.8. The van der Waals surface area contributed by atoms with Gasteiger partial charge in [-0.05, 0) is 49.3 Å². The Balaban J connectivity index is 1.66. The van der Waals surface area contributed by atoms with Crippen LogP contribution in [-0.2, 0) is 4.79 Å². The number of piperidine rings is 1. The summed E-state index contributed by atoms with van der Waals surface area (Å²) in [7, 11) is 0. The number of nitrogens with one attached hydrogen (secondary N) is 1. The van der Waals surface area contributed by atoms with Gasteiger partial charge in [0.15, 0.2) is 0 Å². The first-order valence-electron chi connectivity index (χ1n) is 8.22. The Hall–Kier alpha value is -2.08. The predicted molar refractivity (Wildman–Crippen MR) is 92.9 cm³/mol. The predicted octanol–water partition coefficient (Wildman–Crippen LogP) is 3.38. The van der Waals surface area contributed by atoms with Gasteiger partial charge in [0.1, 0.15) is 11.5 Å². The molecule has 6 heteroatoms. The van der Waals surface area contributed by atoms with E-state index in [-0.39, 0.29) is 24.4 Å². The number of furan rings is 1. The van der Waals surface area contributed by atoms with E-state index < -0.39 is 0 Å². The molecule has 1 aliphatic heterocycles. The van der Waals surface area contributed by atoms with Crippen molar-refractivity contribution in [2.75, 3.05) is 13.1 Å². The molecular formula is C18H22N2O3S. The van der Waals surface area contributed by atoms with Crippen molar-refractivity contribution in [2.24, 2.45) is 5.92 Å². The fourth-order valence-electron chi connectivity index (χ4n) is 3.09. The number of carbonyl (C=O) groups excluding carboxylic acids is 2. The summed E-state index contributed by atoms with van der Waals surface area (Å²) in [5.74, 6) is 1.96. The molecule has 0 radical (unpaired) electrons. The van der Waals surface area contributed by atoms with Gasteiger partial charge in [0, 0.05) is 6.54 Å². The molecule has 2 aromatic rings. The molecule has 1 fully saturated rings. The van der Waals surface area contributed by atoms with Crippen LogP contribution in [0.1, 0.15) is 47.0 Å². The zero-order valence-electron chi connectivity index (χ0n) is 14.0. The summed E-state index contributed by atoms with van der Waals surface area (Å²) in [5, 5.41) is 4.57. The second-order valence-electron chi connectivity index (χ2n) is 6.34. The van der Waals surface area contributed by atoms with E-state index in [0.717, 1.165) is 24.4 Å². The SMILES string of the molecule is Cc1ccc([C@@H]2C[C@H](C)CCN2C(=O)CNC(=O)c2cccs2)o1. The highest BCUT2D eigenvalue weighted by Gasteiger charge is 2.32. The van der Waals surface area contributed by atoms with Crippen LogP contribution in [0.25, 0.3) is 0 Å². The van der Waals surface area contributed by atoms with Crippen LogP contribution in [0.15, 0.2) is 34.1 Å². The van der Waals surface area contributed by atoms with E-state index in [1.54, 1.807) is 6.07 Å². The van der Waals surface area contributed by atoms with Crippen molar-refractivity contribution in [2.45, 2.75) is 32.7 Å². The zero-order chi connectivity index (χ0) is 17.1. The monoisotopic (exact) mass is 346 g/mol. The third-order valence-corrected chi connectivity index (χ3v) is 5.29. The molecular weight excluding hydrogens is 324 g/mol. The van der Waals surface area contributed by atoms with Gasteiger partial charge in [0.05, 0.1) is 17.5 Å². The Labute approximate surface area is 145 Å². The lowest BCUT2D eigenvalue weighted by Gasteiger charge is -2.37. The highest BCUT2D eigenvalue weighted by Crippen LogP contribution is 2.34. The van der Waals surface area contributed by atoms with Gasteiger partial charge in [-0.15, -0.1) is 11.3 Å². The number of rotatable bonds is 4. The van der Waals surface area contributed by atoms with Crippen LogP contribution >= 0.6 is 11.3 Å². The van der Waals surface area contributed by atoms with Crippen LogP contribution in [-0.4, -0.2) is 29.8 Å². The number of aryl methyl sites for hydroxylation is 1. The number of hydrogen-bond donors (Lipinski definition) is 1. The first kappa shape index (κ1) is 16.8.